The maximum atomic E-state index is 13.6. The Hall–Kier alpha value is -3.06. The number of aromatic nitrogens is 1. The number of hydrogen-bond donors (Lipinski definition) is 0. The monoisotopic (exact) mass is 437 g/mol. The summed E-state index contributed by atoms with van der Waals surface area (Å²) in [5.41, 5.74) is 1.82. The van der Waals surface area contributed by atoms with Gasteiger partial charge in [-0.05, 0) is 62.3 Å². The van der Waals surface area contributed by atoms with Gasteiger partial charge in [0.1, 0.15) is 11.7 Å². The van der Waals surface area contributed by atoms with Crippen molar-refractivity contribution >= 4 is 17.5 Å². The molecule has 7 nitrogen and oxygen atoms in total. The van der Waals surface area contributed by atoms with E-state index in [1.807, 2.05) is 32.0 Å². The van der Waals surface area contributed by atoms with Crippen LogP contribution >= 0.6 is 0 Å². The van der Waals surface area contributed by atoms with Crippen molar-refractivity contribution in [2.75, 3.05) is 33.8 Å². The molecule has 1 aromatic heterocycles. The van der Waals surface area contributed by atoms with Gasteiger partial charge in [-0.2, -0.15) is 0 Å². The van der Waals surface area contributed by atoms with E-state index in [-0.39, 0.29) is 5.78 Å². The van der Waals surface area contributed by atoms with Crippen molar-refractivity contribution in [2.45, 2.75) is 26.8 Å². The maximum Gasteiger partial charge on any atom is 0.291 e. The number of ketones is 2. The average Bonchev–Trinajstić information content (AvgIpc) is 3.01. The molecule has 0 aliphatic carbocycles. The minimum atomic E-state index is -1.10. The molecule has 0 bridgehead atoms. The van der Waals surface area contributed by atoms with Crippen LogP contribution in [0.5, 0.6) is 5.75 Å². The number of aryl methyl sites for hydroxylation is 1. The highest BCUT2D eigenvalue weighted by Crippen LogP contribution is 2.38. The van der Waals surface area contributed by atoms with Crippen LogP contribution in [0.25, 0.3) is 0 Å². The molecule has 1 aromatic carbocycles. The van der Waals surface area contributed by atoms with Gasteiger partial charge in [0, 0.05) is 31.0 Å². The number of carbonyl (C=O) groups is 3. The van der Waals surface area contributed by atoms with E-state index < -0.39 is 23.7 Å². The molecule has 2 unspecified atom stereocenters. The van der Waals surface area contributed by atoms with Gasteiger partial charge in [-0.1, -0.05) is 19.9 Å². The van der Waals surface area contributed by atoms with Crippen LogP contribution in [-0.4, -0.2) is 66.0 Å². The topological polar surface area (TPSA) is 79.8 Å². The zero-order chi connectivity index (χ0) is 23.4. The zero-order valence-electron chi connectivity index (χ0n) is 19.4. The van der Waals surface area contributed by atoms with Crippen LogP contribution in [-0.2, 0) is 9.59 Å². The van der Waals surface area contributed by atoms with Gasteiger partial charge in [0.05, 0.1) is 12.6 Å². The average molecular weight is 438 g/mol. The molecular weight excluding hydrogens is 406 g/mol. The van der Waals surface area contributed by atoms with Crippen molar-refractivity contribution in [2.24, 2.45) is 11.8 Å². The Labute approximate surface area is 189 Å². The van der Waals surface area contributed by atoms with E-state index >= 15 is 0 Å². The van der Waals surface area contributed by atoms with E-state index in [4.69, 9.17) is 4.74 Å². The first-order chi connectivity index (χ1) is 15.2. The number of Topliss-reactive ketones (excluding diaryl/α,β-unsaturated/α-hetero) is 2. The summed E-state index contributed by atoms with van der Waals surface area (Å²) in [5.74, 6) is -1.67. The van der Waals surface area contributed by atoms with Crippen LogP contribution in [0, 0.1) is 18.8 Å². The van der Waals surface area contributed by atoms with E-state index in [1.165, 1.54) is 4.90 Å². The Morgan fingerprint density at radius 3 is 2.56 bits per heavy atom. The summed E-state index contributed by atoms with van der Waals surface area (Å²) in [5, 5.41) is 0. The highest BCUT2D eigenvalue weighted by atomic mass is 16.5. The fourth-order valence-electron chi connectivity index (χ4n) is 3.89. The number of benzene rings is 1. The van der Waals surface area contributed by atoms with Crippen molar-refractivity contribution in [3.8, 4) is 5.75 Å². The van der Waals surface area contributed by atoms with Gasteiger partial charge in [-0.15, -0.1) is 0 Å². The molecule has 2 atom stereocenters. The van der Waals surface area contributed by atoms with Gasteiger partial charge < -0.3 is 14.5 Å². The van der Waals surface area contributed by atoms with Crippen molar-refractivity contribution in [1.82, 2.24) is 14.8 Å². The Kier molecular flexibility index (Phi) is 7.40. The summed E-state index contributed by atoms with van der Waals surface area (Å²) in [7, 11) is 3.80. The summed E-state index contributed by atoms with van der Waals surface area (Å²) in [6.07, 6.45) is 3.25. The predicted octanol–water partition coefficient (Wildman–Crippen LogP) is 2.94. The third-order valence-electron chi connectivity index (χ3n) is 5.55. The molecule has 1 amide bonds. The summed E-state index contributed by atoms with van der Waals surface area (Å²) >= 11 is 0. The zero-order valence-corrected chi connectivity index (χ0v) is 19.4. The number of rotatable bonds is 9. The lowest BCUT2D eigenvalue weighted by Gasteiger charge is -2.28. The van der Waals surface area contributed by atoms with E-state index in [9.17, 15) is 14.4 Å². The van der Waals surface area contributed by atoms with Gasteiger partial charge in [-0.3, -0.25) is 19.4 Å². The lowest BCUT2D eigenvalue weighted by molar-refractivity contribution is -0.140. The smallest absolute Gasteiger partial charge is 0.291 e. The highest BCUT2D eigenvalue weighted by molar-refractivity contribution is 6.44. The molecule has 1 aliphatic rings. The first-order valence-corrected chi connectivity index (χ1v) is 10.9. The van der Waals surface area contributed by atoms with Crippen LogP contribution in [0.4, 0.5) is 0 Å². The quantitative estimate of drug-likeness (QED) is 0.341. The first kappa shape index (κ1) is 23.6. The fourth-order valence-corrected chi connectivity index (χ4v) is 3.89. The van der Waals surface area contributed by atoms with Crippen molar-refractivity contribution < 1.29 is 19.1 Å². The molecule has 0 saturated carbocycles. The lowest BCUT2D eigenvalue weighted by Crippen LogP contribution is -2.36. The molecule has 7 heteroatoms. The standard InChI is InChI=1S/C25H31N3O4/c1-16(2)15-32-19-8-9-20(17(3)13-19)23(29)21-22(18-7-6-10-26-14-18)28(12-11-27(4)5)25(31)24(21)30/h6-10,13-14,16,21-22H,11-12,15H2,1-5H3. The first-order valence-electron chi connectivity index (χ1n) is 10.9. The van der Waals surface area contributed by atoms with Crippen LogP contribution in [0.3, 0.4) is 0 Å². The summed E-state index contributed by atoms with van der Waals surface area (Å²) < 4.78 is 5.76. The molecule has 0 spiro atoms. The molecule has 2 aromatic rings. The molecule has 2 heterocycles. The third kappa shape index (κ3) is 5.05. The second-order valence-electron chi connectivity index (χ2n) is 8.92. The van der Waals surface area contributed by atoms with Crippen molar-refractivity contribution in [3.05, 3.63) is 59.4 Å². The Morgan fingerprint density at radius 2 is 1.97 bits per heavy atom. The molecule has 1 fully saturated rings. The molecule has 0 N–H and O–H groups in total. The highest BCUT2D eigenvalue weighted by Gasteiger charge is 2.51. The van der Waals surface area contributed by atoms with E-state index in [2.05, 4.69) is 18.8 Å². The number of ether oxygens (including phenoxy) is 1. The van der Waals surface area contributed by atoms with Gasteiger partial charge in [0.2, 0.25) is 5.78 Å². The van der Waals surface area contributed by atoms with Gasteiger partial charge in [0.25, 0.3) is 5.91 Å². The molecule has 1 saturated heterocycles. The van der Waals surface area contributed by atoms with Crippen LogP contribution in [0.2, 0.25) is 0 Å². The minimum absolute atomic E-state index is 0.349. The Bertz CT molecular complexity index is 988. The fraction of sp³-hybridized carbons (Fsp3) is 0.440. The number of carbonyl (C=O) groups excluding carboxylic acids is 3. The van der Waals surface area contributed by atoms with E-state index in [0.29, 0.717) is 48.1 Å². The molecule has 1 aliphatic heterocycles. The molecule has 170 valence electrons. The normalized spacial score (nSPS) is 18.7. The number of likely N-dealkylation sites (N-methyl/N-ethyl adjacent to an activating group) is 1. The molecule has 0 radical (unpaired) electrons. The number of nitrogens with zero attached hydrogens (tertiary/aromatic N) is 3. The number of amides is 1. The SMILES string of the molecule is Cc1cc(OCC(C)C)ccc1C(=O)C1C(=O)C(=O)N(CCN(C)C)C1c1cccnc1. The van der Waals surface area contributed by atoms with Crippen molar-refractivity contribution in [3.63, 3.8) is 0 Å². The molecule has 3 rings (SSSR count). The van der Waals surface area contributed by atoms with Crippen LogP contribution in [0.15, 0.2) is 42.7 Å². The van der Waals surface area contributed by atoms with Gasteiger partial charge >= 0.3 is 0 Å². The van der Waals surface area contributed by atoms with Gasteiger partial charge in [-0.25, -0.2) is 0 Å². The molecule has 32 heavy (non-hydrogen) atoms. The van der Waals surface area contributed by atoms with Crippen LogP contribution < -0.4 is 4.74 Å². The van der Waals surface area contributed by atoms with Crippen LogP contribution in [0.1, 0.15) is 41.4 Å². The second kappa shape index (κ2) is 10.0. The summed E-state index contributed by atoms with van der Waals surface area (Å²) in [6.45, 7) is 7.45. The third-order valence-corrected chi connectivity index (χ3v) is 5.55. The number of likely N-dealkylation sites (tertiary alicyclic amines) is 1. The lowest BCUT2D eigenvalue weighted by atomic mass is 9.85. The minimum Gasteiger partial charge on any atom is -0.493 e. The van der Waals surface area contributed by atoms with E-state index in [0.717, 1.165) is 0 Å². The largest absolute Gasteiger partial charge is 0.493 e. The number of hydrogen-bond acceptors (Lipinski definition) is 6. The Balaban J connectivity index is 1.95. The summed E-state index contributed by atoms with van der Waals surface area (Å²) in [4.78, 5) is 47.1. The predicted molar refractivity (Wildman–Crippen MR) is 122 cm³/mol. The maximum absolute atomic E-state index is 13.6. The molecular formula is C25H31N3O4. The Morgan fingerprint density at radius 1 is 1.22 bits per heavy atom. The summed E-state index contributed by atoms with van der Waals surface area (Å²) in [6, 6.07) is 8.12. The van der Waals surface area contributed by atoms with Crippen molar-refractivity contribution in [1.29, 1.82) is 0 Å². The number of pyridine rings is 1. The van der Waals surface area contributed by atoms with E-state index in [1.54, 1.807) is 36.7 Å². The van der Waals surface area contributed by atoms with Gasteiger partial charge in [0.15, 0.2) is 5.78 Å². The second-order valence-corrected chi connectivity index (χ2v) is 8.92.